The number of carbonyl (C=O) groups is 2. The summed E-state index contributed by atoms with van der Waals surface area (Å²) in [4.78, 5) is 23.4. The molecule has 6 nitrogen and oxygen atoms in total. The van der Waals surface area contributed by atoms with E-state index in [1.54, 1.807) is 24.3 Å². The standard InChI is InChI=1S/C19H19ClN2O4/c1-11-6-15(25-10-18(21)23)3-4-16(11)22-19(24)13-7-12-8-14(20)2-5-17(12)26-9-13/h2-6,8,13H,7,9-10H2,1H3,(H2,21,23)(H,22,24). The molecule has 1 heterocycles. The molecule has 0 aliphatic carbocycles. The molecule has 2 amide bonds. The predicted molar refractivity (Wildman–Crippen MR) is 98.6 cm³/mol. The number of amides is 2. The van der Waals surface area contributed by atoms with E-state index in [2.05, 4.69) is 5.32 Å². The molecule has 1 unspecified atom stereocenters. The minimum Gasteiger partial charge on any atom is -0.492 e. The van der Waals surface area contributed by atoms with E-state index in [1.165, 1.54) is 0 Å². The van der Waals surface area contributed by atoms with Crippen LogP contribution in [0.15, 0.2) is 36.4 Å². The van der Waals surface area contributed by atoms with E-state index in [0.717, 1.165) is 16.9 Å². The molecule has 0 bridgehead atoms. The second kappa shape index (κ2) is 7.66. The van der Waals surface area contributed by atoms with E-state index in [1.807, 2.05) is 19.1 Å². The maximum Gasteiger partial charge on any atom is 0.255 e. The number of carbonyl (C=O) groups excluding carboxylic acids is 2. The Kier molecular flexibility index (Phi) is 5.32. The molecule has 1 aliphatic heterocycles. The maximum absolute atomic E-state index is 12.6. The molecule has 3 rings (SSSR count). The molecule has 1 aliphatic rings. The summed E-state index contributed by atoms with van der Waals surface area (Å²) in [5.41, 5.74) is 7.48. The normalized spacial score (nSPS) is 15.5. The highest BCUT2D eigenvalue weighted by molar-refractivity contribution is 6.30. The summed E-state index contributed by atoms with van der Waals surface area (Å²) in [5.74, 6) is 0.322. The number of nitrogens with two attached hydrogens (primary N) is 1. The Morgan fingerprint density at radius 3 is 2.85 bits per heavy atom. The number of anilines is 1. The van der Waals surface area contributed by atoms with Gasteiger partial charge in [0.1, 0.15) is 18.1 Å². The van der Waals surface area contributed by atoms with Gasteiger partial charge in [-0.1, -0.05) is 11.6 Å². The van der Waals surface area contributed by atoms with Crippen molar-refractivity contribution in [1.82, 2.24) is 0 Å². The van der Waals surface area contributed by atoms with Crippen LogP contribution in [0, 0.1) is 12.8 Å². The molecule has 26 heavy (non-hydrogen) atoms. The third-order valence-electron chi connectivity index (χ3n) is 4.14. The van der Waals surface area contributed by atoms with Gasteiger partial charge in [0, 0.05) is 10.7 Å². The zero-order chi connectivity index (χ0) is 18.7. The van der Waals surface area contributed by atoms with Crippen molar-refractivity contribution in [1.29, 1.82) is 0 Å². The van der Waals surface area contributed by atoms with Crippen LogP contribution in [0.3, 0.4) is 0 Å². The Labute approximate surface area is 156 Å². The van der Waals surface area contributed by atoms with Crippen LogP contribution < -0.4 is 20.5 Å². The number of hydrogen-bond acceptors (Lipinski definition) is 4. The fourth-order valence-electron chi connectivity index (χ4n) is 2.79. The van der Waals surface area contributed by atoms with E-state index < -0.39 is 5.91 Å². The number of nitrogens with one attached hydrogen (secondary N) is 1. The van der Waals surface area contributed by atoms with E-state index in [0.29, 0.717) is 29.5 Å². The number of hydrogen-bond donors (Lipinski definition) is 2. The van der Waals surface area contributed by atoms with E-state index in [4.69, 9.17) is 26.8 Å². The SMILES string of the molecule is Cc1cc(OCC(N)=O)ccc1NC(=O)C1COc2ccc(Cl)cc2C1. The van der Waals surface area contributed by atoms with Gasteiger partial charge in [0.25, 0.3) is 5.91 Å². The lowest BCUT2D eigenvalue weighted by atomic mass is 9.96. The molecular formula is C19H19ClN2O4. The summed E-state index contributed by atoms with van der Waals surface area (Å²) in [6, 6.07) is 10.6. The first kappa shape index (κ1) is 18.1. The molecule has 2 aromatic rings. The number of primary amides is 1. The van der Waals surface area contributed by atoms with Gasteiger partial charge in [-0.25, -0.2) is 0 Å². The molecule has 3 N–H and O–H groups in total. The minimum absolute atomic E-state index is 0.121. The first-order valence-electron chi connectivity index (χ1n) is 8.16. The smallest absolute Gasteiger partial charge is 0.255 e. The van der Waals surface area contributed by atoms with Crippen LogP contribution in [0.2, 0.25) is 5.02 Å². The van der Waals surface area contributed by atoms with Gasteiger partial charge in [0.2, 0.25) is 5.91 Å². The van der Waals surface area contributed by atoms with Gasteiger partial charge in [-0.05, 0) is 60.9 Å². The van der Waals surface area contributed by atoms with Gasteiger partial charge < -0.3 is 20.5 Å². The molecule has 2 aromatic carbocycles. The van der Waals surface area contributed by atoms with E-state index >= 15 is 0 Å². The Morgan fingerprint density at radius 1 is 1.31 bits per heavy atom. The average Bonchev–Trinajstić information content (AvgIpc) is 2.61. The Balaban J connectivity index is 1.65. The predicted octanol–water partition coefficient (Wildman–Crippen LogP) is 2.70. The van der Waals surface area contributed by atoms with Crippen molar-refractivity contribution < 1.29 is 19.1 Å². The van der Waals surface area contributed by atoms with Crippen LogP contribution in [0.25, 0.3) is 0 Å². The molecule has 0 fully saturated rings. The average molecular weight is 375 g/mol. The molecule has 0 saturated heterocycles. The molecule has 0 saturated carbocycles. The first-order valence-corrected chi connectivity index (χ1v) is 8.54. The fourth-order valence-corrected chi connectivity index (χ4v) is 2.98. The van der Waals surface area contributed by atoms with Gasteiger partial charge in [-0.2, -0.15) is 0 Å². The summed E-state index contributed by atoms with van der Waals surface area (Å²) in [5, 5.41) is 3.54. The molecular weight excluding hydrogens is 356 g/mol. The third-order valence-corrected chi connectivity index (χ3v) is 4.37. The third kappa shape index (κ3) is 4.26. The summed E-state index contributed by atoms with van der Waals surface area (Å²) in [6.45, 7) is 1.98. The molecule has 0 radical (unpaired) electrons. The summed E-state index contributed by atoms with van der Waals surface area (Å²) in [7, 11) is 0. The minimum atomic E-state index is -0.544. The van der Waals surface area contributed by atoms with Crippen LogP contribution in [0.5, 0.6) is 11.5 Å². The summed E-state index contributed by atoms with van der Waals surface area (Å²) < 4.78 is 10.9. The van der Waals surface area contributed by atoms with Crippen LogP contribution >= 0.6 is 11.6 Å². The molecule has 0 spiro atoms. The van der Waals surface area contributed by atoms with Gasteiger partial charge in [0.05, 0.1) is 5.92 Å². The topological polar surface area (TPSA) is 90.6 Å². The Hall–Kier alpha value is -2.73. The highest BCUT2D eigenvalue weighted by Gasteiger charge is 2.26. The van der Waals surface area contributed by atoms with E-state index in [-0.39, 0.29) is 18.4 Å². The number of rotatable bonds is 5. The number of aryl methyl sites for hydroxylation is 1. The molecule has 1 atom stereocenters. The number of benzene rings is 2. The van der Waals surface area contributed by atoms with Gasteiger partial charge >= 0.3 is 0 Å². The molecule has 7 heteroatoms. The lowest BCUT2D eigenvalue weighted by Crippen LogP contribution is -2.32. The second-order valence-corrected chi connectivity index (χ2v) is 6.62. The zero-order valence-corrected chi connectivity index (χ0v) is 15.0. The van der Waals surface area contributed by atoms with Crippen LogP contribution in [-0.4, -0.2) is 25.0 Å². The molecule has 0 aromatic heterocycles. The fraction of sp³-hybridized carbons (Fsp3) is 0.263. The zero-order valence-electron chi connectivity index (χ0n) is 14.3. The largest absolute Gasteiger partial charge is 0.492 e. The Morgan fingerprint density at radius 2 is 2.12 bits per heavy atom. The lowest BCUT2D eigenvalue weighted by molar-refractivity contribution is -0.121. The second-order valence-electron chi connectivity index (χ2n) is 6.19. The Bertz CT molecular complexity index is 853. The van der Waals surface area contributed by atoms with Crippen molar-refractivity contribution in [2.24, 2.45) is 11.7 Å². The van der Waals surface area contributed by atoms with Crippen LogP contribution in [0.1, 0.15) is 11.1 Å². The summed E-state index contributed by atoms with van der Waals surface area (Å²) in [6.07, 6.45) is 0.570. The van der Waals surface area contributed by atoms with Crippen molar-refractivity contribution in [2.75, 3.05) is 18.5 Å². The van der Waals surface area contributed by atoms with Crippen molar-refractivity contribution in [3.8, 4) is 11.5 Å². The number of fused-ring (bicyclic) bond motifs is 1. The van der Waals surface area contributed by atoms with Crippen molar-refractivity contribution >= 4 is 29.1 Å². The van der Waals surface area contributed by atoms with Crippen molar-refractivity contribution in [3.63, 3.8) is 0 Å². The van der Waals surface area contributed by atoms with Crippen LogP contribution in [-0.2, 0) is 16.0 Å². The van der Waals surface area contributed by atoms with Crippen LogP contribution in [0.4, 0.5) is 5.69 Å². The highest BCUT2D eigenvalue weighted by Crippen LogP contribution is 2.30. The first-order chi connectivity index (χ1) is 12.4. The van der Waals surface area contributed by atoms with Crippen molar-refractivity contribution in [3.05, 3.63) is 52.5 Å². The van der Waals surface area contributed by atoms with Gasteiger partial charge in [-0.15, -0.1) is 0 Å². The lowest BCUT2D eigenvalue weighted by Gasteiger charge is -2.25. The van der Waals surface area contributed by atoms with E-state index in [9.17, 15) is 9.59 Å². The van der Waals surface area contributed by atoms with Crippen molar-refractivity contribution in [2.45, 2.75) is 13.3 Å². The quantitative estimate of drug-likeness (QED) is 0.841. The number of halogens is 1. The van der Waals surface area contributed by atoms with Gasteiger partial charge in [-0.3, -0.25) is 9.59 Å². The number of ether oxygens (including phenoxy) is 2. The monoisotopic (exact) mass is 374 g/mol. The molecule has 136 valence electrons. The summed E-state index contributed by atoms with van der Waals surface area (Å²) >= 11 is 6.02. The maximum atomic E-state index is 12.6. The van der Waals surface area contributed by atoms with Gasteiger partial charge in [0.15, 0.2) is 6.61 Å². The highest BCUT2D eigenvalue weighted by atomic mass is 35.5.